The van der Waals surface area contributed by atoms with Gasteiger partial charge in [-0.1, -0.05) is 20.8 Å². The van der Waals surface area contributed by atoms with Crippen LogP contribution in [0.15, 0.2) is 18.2 Å². The van der Waals surface area contributed by atoms with Gasteiger partial charge in [0, 0.05) is 11.8 Å². The van der Waals surface area contributed by atoms with E-state index in [2.05, 4.69) is 5.32 Å². The Balaban J connectivity index is 2.25. The lowest BCUT2D eigenvalue weighted by Gasteiger charge is -2.22. The van der Waals surface area contributed by atoms with Crippen molar-refractivity contribution >= 4 is 11.7 Å². The van der Waals surface area contributed by atoms with Gasteiger partial charge in [0.1, 0.15) is 11.6 Å². The van der Waals surface area contributed by atoms with Gasteiger partial charge in [0.15, 0.2) is 5.78 Å². The van der Waals surface area contributed by atoms with Crippen molar-refractivity contribution in [3.8, 4) is 5.75 Å². The molecular weight excluding hydrogens is 261 g/mol. The van der Waals surface area contributed by atoms with E-state index in [4.69, 9.17) is 4.74 Å². The molecule has 1 aliphatic rings. The molecule has 0 spiro atoms. The predicted molar refractivity (Wildman–Crippen MR) is 72.2 cm³/mol. The number of ketones is 1. The molecule has 2 rings (SSSR count). The van der Waals surface area contributed by atoms with Gasteiger partial charge in [0.25, 0.3) is 0 Å². The zero-order valence-electron chi connectivity index (χ0n) is 11.8. The Kier molecular flexibility index (Phi) is 3.79. The summed E-state index contributed by atoms with van der Waals surface area (Å²) in [5.74, 6) is -0.655. The average molecular weight is 279 g/mol. The summed E-state index contributed by atoms with van der Waals surface area (Å²) in [7, 11) is 0. The Morgan fingerprint density at radius 3 is 2.75 bits per heavy atom. The van der Waals surface area contributed by atoms with E-state index in [0.717, 1.165) is 6.07 Å². The van der Waals surface area contributed by atoms with E-state index in [1.807, 2.05) is 0 Å². The van der Waals surface area contributed by atoms with Crippen molar-refractivity contribution in [3.05, 3.63) is 29.6 Å². The number of halogens is 1. The Bertz CT molecular complexity index is 549. The first-order valence-electron chi connectivity index (χ1n) is 6.56. The van der Waals surface area contributed by atoms with Crippen LogP contribution in [0, 0.1) is 11.2 Å². The summed E-state index contributed by atoms with van der Waals surface area (Å²) < 4.78 is 18.7. The number of ether oxygens (including phenoxy) is 1. The lowest BCUT2D eigenvalue weighted by Crippen LogP contribution is -2.45. The SMILES string of the molecule is CC(C)(C)C(=O)NC1CCOc2ccc(F)cc2C1=O. The van der Waals surface area contributed by atoms with E-state index in [9.17, 15) is 14.0 Å². The molecule has 0 bridgehead atoms. The molecule has 0 saturated heterocycles. The monoisotopic (exact) mass is 279 g/mol. The lowest BCUT2D eigenvalue weighted by atomic mass is 9.94. The number of nitrogens with one attached hydrogen (secondary N) is 1. The van der Waals surface area contributed by atoms with Gasteiger partial charge in [-0.3, -0.25) is 9.59 Å². The predicted octanol–water partition coefficient (Wildman–Crippen LogP) is 2.32. The highest BCUT2D eigenvalue weighted by molar-refractivity contribution is 6.04. The molecule has 4 nitrogen and oxygen atoms in total. The molecule has 1 amide bonds. The van der Waals surface area contributed by atoms with Crippen molar-refractivity contribution < 1.29 is 18.7 Å². The molecule has 1 atom stereocenters. The maximum atomic E-state index is 13.3. The summed E-state index contributed by atoms with van der Waals surface area (Å²) in [6.07, 6.45) is 0.372. The molecule has 1 aromatic rings. The minimum Gasteiger partial charge on any atom is -0.493 e. The second kappa shape index (κ2) is 5.23. The van der Waals surface area contributed by atoms with Gasteiger partial charge in [0.05, 0.1) is 18.2 Å². The fourth-order valence-corrected chi connectivity index (χ4v) is 1.94. The van der Waals surface area contributed by atoms with E-state index in [0.29, 0.717) is 18.8 Å². The van der Waals surface area contributed by atoms with Crippen LogP contribution in [0.25, 0.3) is 0 Å². The van der Waals surface area contributed by atoms with Gasteiger partial charge in [0.2, 0.25) is 5.91 Å². The van der Waals surface area contributed by atoms with Gasteiger partial charge in [-0.2, -0.15) is 0 Å². The van der Waals surface area contributed by atoms with Crippen LogP contribution in [0.4, 0.5) is 4.39 Å². The Morgan fingerprint density at radius 1 is 1.40 bits per heavy atom. The second-order valence-electron chi connectivity index (χ2n) is 5.92. The molecule has 0 saturated carbocycles. The molecule has 5 heteroatoms. The van der Waals surface area contributed by atoms with Crippen molar-refractivity contribution in [2.45, 2.75) is 33.2 Å². The van der Waals surface area contributed by atoms with E-state index in [-0.39, 0.29) is 17.3 Å². The highest BCUT2D eigenvalue weighted by Crippen LogP contribution is 2.25. The molecule has 20 heavy (non-hydrogen) atoms. The summed E-state index contributed by atoms with van der Waals surface area (Å²) in [4.78, 5) is 24.4. The third kappa shape index (κ3) is 2.98. The van der Waals surface area contributed by atoms with Crippen LogP contribution in [0.1, 0.15) is 37.6 Å². The maximum absolute atomic E-state index is 13.3. The van der Waals surface area contributed by atoms with Crippen LogP contribution in [-0.2, 0) is 4.79 Å². The van der Waals surface area contributed by atoms with Crippen molar-refractivity contribution in [1.29, 1.82) is 0 Å². The van der Waals surface area contributed by atoms with E-state index >= 15 is 0 Å². The third-order valence-corrected chi connectivity index (χ3v) is 3.17. The first-order chi connectivity index (χ1) is 9.29. The summed E-state index contributed by atoms with van der Waals surface area (Å²) in [6.45, 7) is 5.62. The number of benzene rings is 1. The molecule has 1 heterocycles. The quantitative estimate of drug-likeness (QED) is 0.858. The first kappa shape index (κ1) is 14.5. The van der Waals surface area contributed by atoms with Crippen molar-refractivity contribution in [3.63, 3.8) is 0 Å². The van der Waals surface area contributed by atoms with Crippen LogP contribution in [-0.4, -0.2) is 24.3 Å². The summed E-state index contributed by atoms with van der Waals surface area (Å²) in [6, 6.07) is 3.17. The molecular formula is C15H18FNO3. The number of rotatable bonds is 1. The number of hydrogen-bond donors (Lipinski definition) is 1. The van der Waals surface area contributed by atoms with Crippen molar-refractivity contribution in [2.75, 3.05) is 6.61 Å². The van der Waals surface area contributed by atoms with E-state index in [1.165, 1.54) is 12.1 Å². The fraction of sp³-hybridized carbons (Fsp3) is 0.467. The summed E-state index contributed by atoms with van der Waals surface area (Å²) >= 11 is 0. The Labute approximate surface area is 117 Å². The topological polar surface area (TPSA) is 55.4 Å². The van der Waals surface area contributed by atoms with Crippen LogP contribution >= 0.6 is 0 Å². The van der Waals surface area contributed by atoms with E-state index in [1.54, 1.807) is 20.8 Å². The molecule has 1 aliphatic heterocycles. The number of carbonyl (C=O) groups excluding carboxylic acids is 2. The molecule has 0 aliphatic carbocycles. The van der Waals surface area contributed by atoms with Crippen LogP contribution < -0.4 is 10.1 Å². The largest absolute Gasteiger partial charge is 0.493 e. The van der Waals surface area contributed by atoms with Crippen LogP contribution in [0.3, 0.4) is 0 Å². The number of carbonyl (C=O) groups is 2. The molecule has 1 unspecified atom stereocenters. The van der Waals surface area contributed by atoms with Gasteiger partial charge in [-0.05, 0) is 18.2 Å². The molecule has 108 valence electrons. The molecule has 0 fully saturated rings. The van der Waals surface area contributed by atoms with Gasteiger partial charge >= 0.3 is 0 Å². The Morgan fingerprint density at radius 2 is 2.10 bits per heavy atom. The average Bonchev–Trinajstić information content (AvgIpc) is 2.50. The maximum Gasteiger partial charge on any atom is 0.225 e. The third-order valence-electron chi connectivity index (χ3n) is 3.17. The number of hydrogen-bond acceptors (Lipinski definition) is 3. The van der Waals surface area contributed by atoms with E-state index < -0.39 is 17.3 Å². The van der Waals surface area contributed by atoms with Crippen molar-refractivity contribution in [2.24, 2.45) is 5.41 Å². The second-order valence-corrected chi connectivity index (χ2v) is 5.92. The molecule has 0 aromatic heterocycles. The van der Waals surface area contributed by atoms with Gasteiger partial charge in [-0.25, -0.2) is 4.39 Å². The normalized spacial score (nSPS) is 18.8. The summed E-state index contributed by atoms with van der Waals surface area (Å²) in [5, 5.41) is 2.72. The van der Waals surface area contributed by atoms with Crippen molar-refractivity contribution in [1.82, 2.24) is 5.32 Å². The Hall–Kier alpha value is -1.91. The molecule has 0 radical (unpaired) electrons. The first-order valence-corrected chi connectivity index (χ1v) is 6.56. The molecule has 1 N–H and O–H groups in total. The summed E-state index contributed by atoms with van der Waals surface area (Å²) in [5.41, 5.74) is -0.403. The standard InChI is InChI=1S/C15H18FNO3/c1-15(2,3)14(19)17-11-6-7-20-12-5-4-9(16)8-10(12)13(11)18/h4-5,8,11H,6-7H2,1-3H3,(H,17,19). The van der Waals surface area contributed by atoms with Crippen LogP contribution in [0.5, 0.6) is 5.75 Å². The minimum absolute atomic E-state index is 0.182. The molecule has 1 aromatic carbocycles. The highest BCUT2D eigenvalue weighted by Gasteiger charge is 2.31. The zero-order chi connectivity index (χ0) is 14.9. The van der Waals surface area contributed by atoms with Crippen LogP contribution in [0.2, 0.25) is 0 Å². The fourth-order valence-electron chi connectivity index (χ4n) is 1.94. The number of Topliss-reactive ketones (excluding diaryl/α,β-unsaturated/α-hetero) is 1. The number of amides is 1. The minimum atomic E-state index is -0.676. The zero-order valence-corrected chi connectivity index (χ0v) is 11.8. The lowest BCUT2D eigenvalue weighted by molar-refractivity contribution is -0.129. The smallest absolute Gasteiger partial charge is 0.225 e. The van der Waals surface area contributed by atoms with Gasteiger partial charge < -0.3 is 10.1 Å². The highest BCUT2D eigenvalue weighted by atomic mass is 19.1. The van der Waals surface area contributed by atoms with Gasteiger partial charge in [-0.15, -0.1) is 0 Å². The number of fused-ring (bicyclic) bond motifs is 1.